The first-order chi connectivity index (χ1) is 14.0. The lowest BCUT2D eigenvalue weighted by Gasteiger charge is -2.21. The summed E-state index contributed by atoms with van der Waals surface area (Å²) >= 11 is 5.49. The third-order valence-corrected chi connectivity index (χ3v) is 5.42. The molecule has 0 unspecified atom stereocenters. The monoisotopic (exact) mass is 411 g/mol. The van der Waals surface area contributed by atoms with Gasteiger partial charge in [-0.25, -0.2) is 4.79 Å². The zero-order valence-electron chi connectivity index (χ0n) is 17.3. The summed E-state index contributed by atoms with van der Waals surface area (Å²) in [5.41, 5.74) is 4.82. The van der Waals surface area contributed by atoms with Gasteiger partial charge in [0.1, 0.15) is 0 Å². The highest BCUT2D eigenvalue weighted by atomic mass is 32.1. The van der Waals surface area contributed by atoms with Crippen LogP contribution in [0.25, 0.3) is 0 Å². The summed E-state index contributed by atoms with van der Waals surface area (Å²) in [5.74, 6) is -0.311. The number of esters is 1. The summed E-state index contributed by atoms with van der Waals surface area (Å²) < 4.78 is 5.05. The first kappa shape index (κ1) is 21.1. The van der Waals surface area contributed by atoms with Crippen LogP contribution in [0.2, 0.25) is 0 Å². The molecule has 2 N–H and O–H groups in total. The van der Waals surface area contributed by atoms with Gasteiger partial charge in [0.2, 0.25) is 0 Å². The molecule has 0 amide bonds. The van der Waals surface area contributed by atoms with E-state index in [1.54, 1.807) is 13.0 Å². The van der Waals surface area contributed by atoms with E-state index in [0.29, 0.717) is 17.3 Å². The summed E-state index contributed by atoms with van der Waals surface area (Å²) in [6, 6.07) is 14.2. The molecule has 1 heterocycles. The highest BCUT2D eigenvalue weighted by Crippen LogP contribution is 2.23. The summed E-state index contributed by atoms with van der Waals surface area (Å²) in [4.78, 5) is 14.3. The molecule has 1 saturated heterocycles. The number of carbonyl (C=O) groups is 1. The van der Waals surface area contributed by atoms with Crippen LogP contribution in [0.4, 0.5) is 11.4 Å². The van der Waals surface area contributed by atoms with E-state index in [2.05, 4.69) is 46.7 Å². The minimum atomic E-state index is -0.311. The van der Waals surface area contributed by atoms with E-state index in [1.165, 1.54) is 24.1 Å². The predicted molar refractivity (Wildman–Crippen MR) is 123 cm³/mol. The minimum absolute atomic E-state index is 0.0849. The van der Waals surface area contributed by atoms with Crippen LogP contribution in [0.1, 0.15) is 54.2 Å². The molecule has 2 aromatic rings. The lowest BCUT2D eigenvalue weighted by Crippen LogP contribution is -2.31. The highest BCUT2D eigenvalue weighted by molar-refractivity contribution is 7.80. The molecule has 29 heavy (non-hydrogen) atoms. The molecule has 1 aliphatic rings. The fourth-order valence-electron chi connectivity index (χ4n) is 3.53. The second-order valence-electron chi connectivity index (χ2n) is 7.36. The van der Waals surface area contributed by atoms with Gasteiger partial charge in [-0.3, -0.25) is 0 Å². The molecular formula is C23H29N3O2S. The lowest BCUT2D eigenvalue weighted by molar-refractivity contribution is 0.0526. The van der Waals surface area contributed by atoms with Crippen molar-refractivity contribution in [3.05, 3.63) is 59.2 Å². The second-order valence-corrected chi connectivity index (χ2v) is 7.76. The Bertz CT molecular complexity index is 861. The smallest absolute Gasteiger partial charge is 0.338 e. The van der Waals surface area contributed by atoms with Crippen molar-refractivity contribution >= 4 is 34.7 Å². The fraction of sp³-hybridized carbons (Fsp3) is 0.391. The van der Waals surface area contributed by atoms with E-state index >= 15 is 0 Å². The van der Waals surface area contributed by atoms with Crippen molar-refractivity contribution < 1.29 is 9.53 Å². The normalized spacial score (nSPS) is 14.4. The molecular weight excluding hydrogens is 382 g/mol. The van der Waals surface area contributed by atoms with Crippen LogP contribution < -0.4 is 15.5 Å². The van der Waals surface area contributed by atoms with Gasteiger partial charge in [-0.1, -0.05) is 12.1 Å². The Morgan fingerprint density at radius 2 is 1.86 bits per heavy atom. The van der Waals surface area contributed by atoms with Gasteiger partial charge < -0.3 is 20.3 Å². The Morgan fingerprint density at radius 1 is 1.17 bits per heavy atom. The summed E-state index contributed by atoms with van der Waals surface area (Å²) in [6.07, 6.45) is 2.56. The van der Waals surface area contributed by atoms with Gasteiger partial charge in [-0.15, -0.1) is 0 Å². The number of anilines is 2. The van der Waals surface area contributed by atoms with Crippen LogP contribution in [-0.2, 0) is 4.74 Å². The molecule has 0 saturated carbocycles. The summed E-state index contributed by atoms with van der Waals surface area (Å²) in [5, 5.41) is 7.11. The minimum Gasteiger partial charge on any atom is -0.462 e. The number of carbonyl (C=O) groups excluding carboxylic acids is 1. The third-order valence-electron chi connectivity index (χ3n) is 5.20. The molecule has 0 spiro atoms. The van der Waals surface area contributed by atoms with Crippen LogP contribution >= 0.6 is 12.2 Å². The number of ether oxygens (including phenoxy) is 1. The maximum absolute atomic E-state index is 11.9. The standard InChI is InChI=1S/C23H29N3O2S/c1-4-28-22(27)19-9-12-21(16(2)15-19)25-23(29)24-17(3)18-7-10-20(11-8-18)26-13-5-6-14-26/h7-12,15,17H,4-6,13-14H2,1-3H3,(H2,24,25,29)/t17-/m0/s1. The van der Waals surface area contributed by atoms with Gasteiger partial charge in [0.25, 0.3) is 0 Å². The quantitative estimate of drug-likeness (QED) is 0.525. The fourth-order valence-corrected chi connectivity index (χ4v) is 3.82. The molecule has 154 valence electrons. The molecule has 0 radical (unpaired) electrons. The molecule has 1 aliphatic heterocycles. The number of rotatable bonds is 6. The largest absolute Gasteiger partial charge is 0.462 e. The van der Waals surface area contributed by atoms with Crippen LogP contribution in [0, 0.1) is 6.92 Å². The number of thiocarbonyl (C=S) groups is 1. The lowest BCUT2D eigenvalue weighted by atomic mass is 10.1. The van der Waals surface area contributed by atoms with Crippen molar-refractivity contribution in [1.82, 2.24) is 5.32 Å². The highest BCUT2D eigenvalue weighted by Gasteiger charge is 2.14. The van der Waals surface area contributed by atoms with Crippen molar-refractivity contribution in [1.29, 1.82) is 0 Å². The van der Waals surface area contributed by atoms with Crippen LogP contribution in [0.15, 0.2) is 42.5 Å². The molecule has 0 bridgehead atoms. The molecule has 0 aromatic heterocycles. The Labute approximate surface area is 178 Å². The van der Waals surface area contributed by atoms with E-state index in [1.807, 2.05) is 19.1 Å². The van der Waals surface area contributed by atoms with E-state index < -0.39 is 0 Å². The zero-order chi connectivity index (χ0) is 20.8. The van der Waals surface area contributed by atoms with E-state index in [9.17, 15) is 4.79 Å². The average Bonchev–Trinajstić information content (AvgIpc) is 3.24. The van der Waals surface area contributed by atoms with Crippen molar-refractivity contribution in [2.24, 2.45) is 0 Å². The Hall–Kier alpha value is -2.60. The van der Waals surface area contributed by atoms with Gasteiger partial charge in [0.05, 0.1) is 18.2 Å². The molecule has 6 heteroatoms. The number of hydrogen-bond acceptors (Lipinski definition) is 4. The van der Waals surface area contributed by atoms with Crippen molar-refractivity contribution in [3.8, 4) is 0 Å². The molecule has 0 aliphatic carbocycles. The average molecular weight is 412 g/mol. The van der Waals surface area contributed by atoms with Gasteiger partial charge in [0.15, 0.2) is 5.11 Å². The van der Waals surface area contributed by atoms with Crippen LogP contribution in [0.5, 0.6) is 0 Å². The molecule has 1 fully saturated rings. The van der Waals surface area contributed by atoms with E-state index in [-0.39, 0.29) is 12.0 Å². The maximum atomic E-state index is 11.9. The van der Waals surface area contributed by atoms with Crippen LogP contribution in [0.3, 0.4) is 0 Å². The molecule has 1 atom stereocenters. The zero-order valence-corrected chi connectivity index (χ0v) is 18.1. The Kier molecular flexibility index (Phi) is 7.09. The second kappa shape index (κ2) is 9.74. The Morgan fingerprint density at radius 3 is 2.48 bits per heavy atom. The number of nitrogens with zero attached hydrogens (tertiary/aromatic N) is 1. The van der Waals surface area contributed by atoms with Crippen molar-refractivity contribution in [3.63, 3.8) is 0 Å². The van der Waals surface area contributed by atoms with Gasteiger partial charge >= 0.3 is 5.97 Å². The number of hydrogen-bond donors (Lipinski definition) is 2. The number of benzene rings is 2. The third kappa shape index (κ3) is 5.48. The predicted octanol–water partition coefficient (Wildman–Crippen LogP) is 4.82. The molecule has 2 aromatic carbocycles. The maximum Gasteiger partial charge on any atom is 0.338 e. The van der Waals surface area contributed by atoms with E-state index in [4.69, 9.17) is 17.0 Å². The first-order valence-corrected chi connectivity index (χ1v) is 10.6. The van der Waals surface area contributed by atoms with Crippen molar-refractivity contribution in [2.75, 3.05) is 29.9 Å². The van der Waals surface area contributed by atoms with Gasteiger partial charge in [0, 0.05) is 24.5 Å². The topological polar surface area (TPSA) is 53.6 Å². The summed E-state index contributed by atoms with van der Waals surface area (Å²) in [7, 11) is 0. The van der Waals surface area contributed by atoms with E-state index in [0.717, 1.165) is 24.3 Å². The number of aryl methyl sites for hydroxylation is 1. The first-order valence-electron chi connectivity index (χ1n) is 10.2. The van der Waals surface area contributed by atoms with Crippen LogP contribution in [-0.4, -0.2) is 30.8 Å². The molecule has 3 rings (SSSR count). The SMILES string of the molecule is CCOC(=O)c1ccc(NC(=S)N[C@@H](C)c2ccc(N3CCCC3)cc2)c(C)c1. The molecule has 5 nitrogen and oxygen atoms in total. The summed E-state index contributed by atoms with van der Waals surface area (Å²) in [6.45, 7) is 8.49. The van der Waals surface area contributed by atoms with Crippen molar-refractivity contribution in [2.45, 2.75) is 39.7 Å². The number of nitrogens with one attached hydrogen (secondary N) is 2. The van der Waals surface area contributed by atoms with Gasteiger partial charge in [-0.2, -0.15) is 0 Å². The Balaban J connectivity index is 1.57. The van der Waals surface area contributed by atoms with Gasteiger partial charge in [-0.05, 0) is 87.3 Å².